The monoisotopic (exact) mass is 460 g/mol. The van der Waals surface area contributed by atoms with Gasteiger partial charge in [0.25, 0.3) is 0 Å². The van der Waals surface area contributed by atoms with Crippen LogP contribution in [0.25, 0.3) is 12.2 Å². The van der Waals surface area contributed by atoms with Crippen molar-refractivity contribution in [1.29, 1.82) is 0 Å². The molecular weight excluding hydrogens is 428 g/mol. The molecule has 0 bridgehead atoms. The third-order valence-corrected chi connectivity index (χ3v) is 6.49. The predicted molar refractivity (Wildman–Crippen MR) is 147 cm³/mol. The van der Waals surface area contributed by atoms with Gasteiger partial charge in [-0.2, -0.15) is 0 Å². The molecule has 0 aliphatic heterocycles. The summed E-state index contributed by atoms with van der Waals surface area (Å²) >= 11 is 0. The van der Waals surface area contributed by atoms with E-state index >= 15 is 0 Å². The molecule has 0 amide bonds. The lowest BCUT2D eigenvalue weighted by Gasteiger charge is -2.26. The summed E-state index contributed by atoms with van der Waals surface area (Å²) < 4.78 is 12.1. The summed E-state index contributed by atoms with van der Waals surface area (Å²) in [6.45, 7) is 13.3. The Morgan fingerprint density at radius 3 is 1.31 bits per heavy atom. The van der Waals surface area contributed by atoms with Gasteiger partial charge >= 0.3 is 0 Å². The van der Waals surface area contributed by atoms with Crippen molar-refractivity contribution >= 4 is 12.2 Å². The molecule has 2 nitrogen and oxygen atoms in total. The summed E-state index contributed by atoms with van der Waals surface area (Å²) in [5, 5.41) is 0. The fourth-order valence-electron chi connectivity index (χ4n) is 4.15. The van der Waals surface area contributed by atoms with E-state index in [4.69, 9.17) is 9.47 Å². The Bertz CT molecular complexity index is 1180. The number of benzene rings is 4. The minimum absolute atomic E-state index is 0.151. The molecule has 0 atom stereocenters. The van der Waals surface area contributed by atoms with Gasteiger partial charge in [0, 0.05) is 5.41 Å². The highest BCUT2D eigenvalue weighted by molar-refractivity contribution is 5.52. The maximum atomic E-state index is 6.03. The molecule has 0 fully saturated rings. The zero-order chi connectivity index (χ0) is 24.7. The van der Waals surface area contributed by atoms with E-state index in [2.05, 4.69) is 63.4 Å². The van der Waals surface area contributed by atoms with Crippen LogP contribution in [-0.2, 0) is 18.6 Å². The van der Waals surface area contributed by atoms with Crippen molar-refractivity contribution in [3.8, 4) is 11.5 Å². The second-order valence-electron chi connectivity index (χ2n) is 9.06. The lowest BCUT2D eigenvalue weighted by Crippen LogP contribution is -2.18. The second-order valence-corrected chi connectivity index (χ2v) is 9.06. The molecule has 4 aromatic carbocycles. The molecule has 0 aliphatic rings. The lowest BCUT2D eigenvalue weighted by atomic mass is 9.78. The van der Waals surface area contributed by atoms with Gasteiger partial charge in [0.05, 0.1) is 0 Å². The largest absolute Gasteiger partial charge is 0.489 e. The van der Waals surface area contributed by atoms with E-state index in [1.807, 2.05) is 72.8 Å². The van der Waals surface area contributed by atoms with Gasteiger partial charge in [-0.3, -0.25) is 0 Å². The third kappa shape index (κ3) is 5.73. The molecule has 0 saturated carbocycles. The van der Waals surface area contributed by atoms with Crippen molar-refractivity contribution in [1.82, 2.24) is 0 Å². The minimum Gasteiger partial charge on any atom is -0.489 e. The summed E-state index contributed by atoms with van der Waals surface area (Å²) in [5.41, 5.74) is 6.76. The molecule has 4 rings (SSSR count). The Kier molecular flexibility index (Phi) is 7.52. The summed E-state index contributed by atoms with van der Waals surface area (Å²) in [6.07, 6.45) is 3.72. The summed E-state index contributed by atoms with van der Waals surface area (Å²) in [6, 6.07) is 33.1. The van der Waals surface area contributed by atoms with Gasteiger partial charge in [0.15, 0.2) is 0 Å². The molecule has 0 radical (unpaired) electrons. The normalized spacial score (nSPS) is 11.0. The third-order valence-electron chi connectivity index (χ3n) is 6.49. The van der Waals surface area contributed by atoms with Gasteiger partial charge in [-0.25, -0.2) is 0 Å². The maximum absolute atomic E-state index is 6.03. The van der Waals surface area contributed by atoms with Crippen LogP contribution in [0.5, 0.6) is 11.5 Å². The second kappa shape index (κ2) is 10.9. The molecule has 0 heterocycles. The van der Waals surface area contributed by atoms with Gasteiger partial charge in [-0.15, -0.1) is 0 Å². The molecule has 2 heteroatoms. The number of hydrogen-bond donors (Lipinski definition) is 0. The van der Waals surface area contributed by atoms with Gasteiger partial charge in [-0.1, -0.05) is 112 Å². The average molecular weight is 461 g/mol. The highest BCUT2D eigenvalue weighted by atomic mass is 16.5. The van der Waals surface area contributed by atoms with Crippen molar-refractivity contribution in [3.63, 3.8) is 0 Å². The van der Waals surface area contributed by atoms with Crippen LogP contribution in [0.4, 0.5) is 0 Å². The number of hydrogen-bond acceptors (Lipinski definition) is 2. The van der Waals surface area contributed by atoms with E-state index in [0.29, 0.717) is 13.2 Å². The predicted octanol–water partition coefficient (Wildman–Crippen LogP) is 8.46. The lowest BCUT2D eigenvalue weighted by molar-refractivity contribution is 0.305. The smallest absolute Gasteiger partial charge is 0.119 e. The molecule has 0 saturated heterocycles. The van der Waals surface area contributed by atoms with Crippen molar-refractivity contribution in [2.45, 2.75) is 32.5 Å². The average Bonchev–Trinajstić information content (AvgIpc) is 2.91. The Morgan fingerprint density at radius 2 is 0.943 bits per heavy atom. The fourth-order valence-corrected chi connectivity index (χ4v) is 4.15. The van der Waals surface area contributed by atoms with E-state index in [-0.39, 0.29) is 5.41 Å². The van der Waals surface area contributed by atoms with Crippen LogP contribution in [0.1, 0.15) is 47.2 Å². The summed E-state index contributed by atoms with van der Waals surface area (Å²) in [7, 11) is 0. The molecule has 0 spiro atoms. The van der Waals surface area contributed by atoms with Gasteiger partial charge in [0.2, 0.25) is 0 Å². The molecule has 0 N–H and O–H groups in total. The topological polar surface area (TPSA) is 18.5 Å². The quantitative estimate of drug-likeness (QED) is 0.236. The molecule has 0 aromatic heterocycles. The summed E-state index contributed by atoms with van der Waals surface area (Å²) in [5.74, 6) is 1.71. The van der Waals surface area contributed by atoms with Crippen molar-refractivity contribution in [3.05, 3.63) is 144 Å². The van der Waals surface area contributed by atoms with E-state index in [0.717, 1.165) is 33.8 Å². The van der Waals surface area contributed by atoms with Crippen LogP contribution >= 0.6 is 0 Å². The first-order valence-electron chi connectivity index (χ1n) is 11.9. The van der Waals surface area contributed by atoms with Gasteiger partial charge < -0.3 is 9.47 Å². The van der Waals surface area contributed by atoms with Gasteiger partial charge in [0.1, 0.15) is 24.7 Å². The summed E-state index contributed by atoms with van der Waals surface area (Å²) in [4.78, 5) is 0. The molecule has 176 valence electrons. The Hall–Kier alpha value is -4.04. The molecular formula is C33H32O2. The van der Waals surface area contributed by atoms with Crippen LogP contribution in [-0.4, -0.2) is 0 Å². The van der Waals surface area contributed by atoms with Crippen LogP contribution < -0.4 is 9.47 Å². The number of rotatable bonds is 10. The standard InChI is InChI=1S/C33H32O2/c1-5-25-11-7-9-13-27(25)23-34-31-19-15-29(16-20-31)33(3,4)30-17-21-32(22-18-30)35-24-28-14-10-8-12-26(28)6-2/h5-22H,1-2,23-24H2,3-4H3. The van der Waals surface area contributed by atoms with Crippen molar-refractivity contribution < 1.29 is 9.47 Å². The van der Waals surface area contributed by atoms with Crippen molar-refractivity contribution in [2.75, 3.05) is 0 Å². The van der Waals surface area contributed by atoms with E-state index < -0.39 is 0 Å². The van der Waals surface area contributed by atoms with Crippen LogP contribution in [0.3, 0.4) is 0 Å². The van der Waals surface area contributed by atoms with Crippen LogP contribution in [0, 0.1) is 0 Å². The molecule has 0 unspecified atom stereocenters. The SMILES string of the molecule is C=Cc1ccccc1COc1ccc(C(C)(C)c2ccc(OCc3ccccc3C=C)cc2)cc1. The van der Waals surface area contributed by atoms with E-state index in [1.165, 1.54) is 11.1 Å². The molecule has 0 aliphatic carbocycles. The Balaban J connectivity index is 1.40. The Morgan fingerprint density at radius 1 is 0.571 bits per heavy atom. The number of ether oxygens (including phenoxy) is 2. The first kappa shape index (κ1) is 24.1. The van der Waals surface area contributed by atoms with E-state index in [1.54, 1.807) is 0 Å². The highest BCUT2D eigenvalue weighted by Gasteiger charge is 2.23. The first-order chi connectivity index (χ1) is 17.0. The Labute approximate surface area is 209 Å². The highest BCUT2D eigenvalue weighted by Crippen LogP contribution is 2.33. The zero-order valence-electron chi connectivity index (χ0n) is 20.5. The zero-order valence-corrected chi connectivity index (χ0v) is 20.5. The van der Waals surface area contributed by atoms with Crippen LogP contribution in [0.2, 0.25) is 0 Å². The van der Waals surface area contributed by atoms with E-state index in [9.17, 15) is 0 Å². The minimum atomic E-state index is -0.151. The van der Waals surface area contributed by atoms with Gasteiger partial charge in [-0.05, 0) is 57.6 Å². The maximum Gasteiger partial charge on any atom is 0.119 e. The van der Waals surface area contributed by atoms with Crippen molar-refractivity contribution in [2.24, 2.45) is 0 Å². The molecule has 4 aromatic rings. The van der Waals surface area contributed by atoms with Crippen LogP contribution in [0.15, 0.2) is 110 Å². The molecule has 35 heavy (non-hydrogen) atoms. The fraction of sp³-hybridized carbons (Fsp3) is 0.152. The first-order valence-corrected chi connectivity index (χ1v) is 11.9.